The summed E-state index contributed by atoms with van der Waals surface area (Å²) in [6.45, 7) is 0.688. The van der Waals surface area contributed by atoms with Gasteiger partial charge in [-0.2, -0.15) is 0 Å². The van der Waals surface area contributed by atoms with Gasteiger partial charge in [0.25, 0.3) is 0 Å². The van der Waals surface area contributed by atoms with Gasteiger partial charge in [0.05, 0.1) is 16.6 Å². The van der Waals surface area contributed by atoms with Crippen molar-refractivity contribution in [2.75, 3.05) is 0 Å². The summed E-state index contributed by atoms with van der Waals surface area (Å²) in [5.41, 5.74) is 1.02. The summed E-state index contributed by atoms with van der Waals surface area (Å²) in [5.74, 6) is 0.453. The van der Waals surface area contributed by atoms with Crippen LogP contribution in [0.4, 0.5) is 0 Å². The molecule has 0 aromatic carbocycles. The molecule has 2 heterocycles. The molecule has 0 atom stereocenters. The van der Waals surface area contributed by atoms with Crippen LogP contribution in [0.2, 0.25) is 0 Å². The molecule has 0 bridgehead atoms. The van der Waals surface area contributed by atoms with Gasteiger partial charge in [-0.3, -0.25) is 9.13 Å². The number of aromatic nitrogens is 3. The number of aryl methyl sites for hydroxylation is 2. The van der Waals surface area contributed by atoms with Crippen LogP contribution >= 0.6 is 22.9 Å². The highest BCUT2D eigenvalue weighted by atomic mass is 35.5. The average Bonchev–Trinajstić information content (AvgIpc) is 3.00. The lowest BCUT2D eigenvalue weighted by Gasteiger charge is -1.99. The van der Waals surface area contributed by atoms with Crippen LogP contribution in [0.5, 0.6) is 0 Å². The van der Waals surface area contributed by atoms with Gasteiger partial charge >= 0.3 is 5.69 Å². The molecule has 3 rings (SSSR count). The molecule has 1 saturated carbocycles. The molecular weight excluding hydrogens is 270 g/mol. The minimum Gasteiger partial charge on any atom is -0.299 e. The van der Waals surface area contributed by atoms with Gasteiger partial charge in [-0.15, -0.1) is 22.9 Å². The molecule has 2 aromatic rings. The fraction of sp³-hybridized carbons (Fsp3) is 0.500. The molecule has 6 heteroatoms. The Kier molecular flexibility index (Phi) is 3.26. The summed E-state index contributed by atoms with van der Waals surface area (Å²) in [5, 5.41) is 3.01. The van der Waals surface area contributed by atoms with E-state index < -0.39 is 0 Å². The first-order valence-corrected chi connectivity index (χ1v) is 7.46. The number of hydrogen-bond donors (Lipinski definition) is 0. The molecule has 4 nitrogen and oxygen atoms in total. The SMILES string of the molecule is O=c1n(CCc2nc(CCl)cs2)ccn1C1CC1. The topological polar surface area (TPSA) is 39.8 Å². The molecule has 96 valence electrons. The van der Waals surface area contributed by atoms with Crippen LogP contribution in [0.25, 0.3) is 0 Å². The monoisotopic (exact) mass is 283 g/mol. The predicted molar refractivity (Wildman–Crippen MR) is 72.3 cm³/mol. The summed E-state index contributed by atoms with van der Waals surface area (Å²) in [4.78, 5) is 16.4. The molecule has 0 amide bonds. The van der Waals surface area contributed by atoms with Gasteiger partial charge < -0.3 is 0 Å². The summed E-state index contributed by atoms with van der Waals surface area (Å²) >= 11 is 7.32. The highest BCUT2D eigenvalue weighted by Crippen LogP contribution is 2.33. The van der Waals surface area contributed by atoms with E-state index in [-0.39, 0.29) is 5.69 Å². The van der Waals surface area contributed by atoms with Gasteiger partial charge in [0.2, 0.25) is 0 Å². The smallest absolute Gasteiger partial charge is 0.299 e. The maximum atomic E-state index is 12.0. The van der Waals surface area contributed by atoms with E-state index in [1.807, 2.05) is 22.3 Å². The van der Waals surface area contributed by atoms with Crippen molar-refractivity contribution in [3.05, 3.63) is 39.0 Å². The van der Waals surface area contributed by atoms with Crippen molar-refractivity contribution >= 4 is 22.9 Å². The average molecular weight is 284 g/mol. The minimum atomic E-state index is 0.103. The molecule has 0 aliphatic heterocycles. The highest BCUT2D eigenvalue weighted by molar-refractivity contribution is 7.09. The Labute approximate surface area is 114 Å². The van der Waals surface area contributed by atoms with Gasteiger partial charge in [0.15, 0.2) is 0 Å². The van der Waals surface area contributed by atoms with Crippen LogP contribution in [0.15, 0.2) is 22.6 Å². The molecule has 18 heavy (non-hydrogen) atoms. The molecule has 1 aliphatic rings. The van der Waals surface area contributed by atoms with Crippen LogP contribution in [0.1, 0.15) is 29.6 Å². The number of hydrogen-bond acceptors (Lipinski definition) is 3. The van der Waals surface area contributed by atoms with E-state index in [0.717, 1.165) is 30.0 Å². The van der Waals surface area contributed by atoms with E-state index in [9.17, 15) is 4.79 Å². The van der Waals surface area contributed by atoms with Gasteiger partial charge in [0, 0.05) is 36.8 Å². The Morgan fingerprint density at radius 3 is 2.94 bits per heavy atom. The summed E-state index contributed by atoms with van der Waals surface area (Å²) < 4.78 is 3.60. The Bertz CT molecular complexity index is 596. The summed E-state index contributed by atoms with van der Waals surface area (Å²) in [7, 11) is 0. The fourth-order valence-electron chi connectivity index (χ4n) is 1.97. The van der Waals surface area contributed by atoms with Crippen LogP contribution in [-0.2, 0) is 18.8 Å². The van der Waals surface area contributed by atoms with Crippen molar-refractivity contribution in [1.82, 2.24) is 14.1 Å². The lowest BCUT2D eigenvalue weighted by atomic mass is 10.4. The lowest BCUT2D eigenvalue weighted by molar-refractivity contribution is 0.618. The van der Waals surface area contributed by atoms with E-state index >= 15 is 0 Å². The molecule has 0 saturated heterocycles. The number of alkyl halides is 1. The molecule has 2 aromatic heterocycles. The Morgan fingerprint density at radius 1 is 1.44 bits per heavy atom. The zero-order chi connectivity index (χ0) is 12.5. The number of nitrogens with zero attached hydrogens (tertiary/aromatic N) is 3. The van der Waals surface area contributed by atoms with Gasteiger partial charge in [-0.25, -0.2) is 9.78 Å². The molecule has 1 aliphatic carbocycles. The normalized spacial score (nSPS) is 15.2. The highest BCUT2D eigenvalue weighted by Gasteiger charge is 2.25. The third-order valence-corrected chi connectivity index (χ3v) is 4.35. The third-order valence-electron chi connectivity index (χ3n) is 3.12. The zero-order valence-electron chi connectivity index (χ0n) is 9.88. The van der Waals surface area contributed by atoms with E-state index in [1.165, 1.54) is 0 Å². The van der Waals surface area contributed by atoms with Crippen LogP contribution < -0.4 is 5.69 Å². The number of imidazole rings is 1. The van der Waals surface area contributed by atoms with Crippen molar-refractivity contribution in [1.29, 1.82) is 0 Å². The first-order valence-electron chi connectivity index (χ1n) is 6.04. The van der Waals surface area contributed by atoms with Crippen LogP contribution in [-0.4, -0.2) is 14.1 Å². The van der Waals surface area contributed by atoms with Gasteiger partial charge in [-0.1, -0.05) is 0 Å². The number of thiazole rings is 1. The van der Waals surface area contributed by atoms with Crippen LogP contribution in [0, 0.1) is 0 Å². The first-order chi connectivity index (χ1) is 8.78. The molecule has 0 N–H and O–H groups in total. The minimum absolute atomic E-state index is 0.103. The number of halogens is 1. The Balaban J connectivity index is 1.67. The molecule has 0 unspecified atom stereocenters. The van der Waals surface area contributed by atoms with E-state index in [1.54, 1.807) is 15.9 Å². The Morgan fingerprint density at radius 2 is 2.28 bits per heavy atom. The molecule has 1 fully saturated rings. The summed E-state index contributed by atoms with van der Waals surface area (Å²) in [6.07, 6.45) is 6.82. The largest absolute Gasteiger partial charge is 0.328 e. The molecule has 0 spiro atoms. The maximum Gasteiger partial charge on any atom is 0.328 e. The quantitative estimate of drug-likeness (QED) is 0.791. The maximum absolute atomic E-state index is 12.0. The Hall–Kier alpha value is -1.07. The first kappa shape index (κ1) is 12.0. The second-order valence-electron chi connectivity index (χ2n) is 4.53. The van der Waals surface area contributed by atoms with Gasteiger partial charge in [0.1, 0.15) is 0 Å². The fourth-order valence-corrected chi connectivity index (χ4v) is 2.99. The van der Waals surface area contributed by atoms with Gasteiger partial charge in [-0.05, 0) is 12.8 Å². The molecular formula is C12H14ClN3OS. The second-order valence-corrected chi connectivity index (χ2v) is 5.74. The number of rotatable bonds is 5. The van der Waals surface area contributed by atoms with Crippen LogP contribution in [0.3, 0.4) is 0 Å². The van der Waals surface area contributed by atoms with Crippen molar-refractivity contribution in [3.8, 4) is 0 Å². The molecule has 0 radical (unpaired) electrons. The van der Waals surface area contributed by atoms with Crippen molar-refractivity contribution in [3.63, 3.8) is 0 Å². The van der Waals surface area contributed by atoms with E-state index in [0.29, 0.717) is 18.5 Å². The lowest BCUT2D eigenvalue weighted by Crippen LogP contribution is -2.24. The summed E-state index contributed by atoms with van der Waals surface area (Å²) in [6, 6.07) is 0.446. The predicted octanol–water partition coefficient (Wildman–Crippen LogP) is 2.42. The second kappa shape index (κ2) is 4.90. The standard InChI is InChI=1S/C12H14ClN3OS/c13-7-9-8-18-11(14-9)3-4-15-5-6-16(12(15)17)10-1-2-10/h5-6,8,10H,1-4,7H2. The zero-order valence-corrected chi connectivity index (χ0v) is 11.5. The third kappa shape index (κ3) is 2.37. The van der Waals surface area contributed by atoms with Crippen molar-refractivity contribution < 1.29 is 0 Å². The van der Waals surface area contributed by atoms with E-state index in [4.69, 9.17) is 11.6 Å². The van der Waals surface area contributed by atoms with Crippen molar-refractivity contribution in [2.45, 2.75) is 37.7 Å². The van der Waals surface area contributed by atoms with E-state index in [2.05, 4.69) is 4.98 Å². The van der Waals surface area contributed by atoms with Crippen molar-refractivity contribution in [2.24, 2.45) is 0 Å².